The fraction of sp³-hybridized carbons (Fsp3) is 0.667. The molecule has 0 unspecified atom stereocenters. The lowest BCUT2D eigenvalue weighted by molar-refractivity contribution is -0.390. The number of H-pyrrole nitrogens is 1. The van der Waals surface area contributed by atoms with Crippen molar-refractivity contribution in [1.82, 2.24) is 10.2 Å². The molecule has 6 nitrogen and oxygen atoms in total. The summed E-state index contributed by atoms with van der Waals surface area (Å²) in [5.74, 6) is -0.0222. The second-order valence-corrected chi connectivity index (χ2v) is 4.69. The predicted octanol–water partition coefficient (Wildman–Crippen LogP) is 1.09. The molecule has 1 aliphatic carbocycles. The van der Waals surface area contributed by atoms with Gasteiger partial charge in [0.05, 0.1) is 11.8 Å². The van der Waals surface area contributed by atoms with Gasteiger partial charge in [-0.2, -0.15) is 0 Å². The fourth-order valence-corrected chi connectivity index (χ4v) is 2.15. The molecular formula is C9H14N4O2. The molecule has 2 rings (SSSR count). The monoisotopic (exact) mass is 210 g/mol. The van der Waals surface area contributed by atoms with Crippen LogP contribution in [0.25, 0.3) is 0 Å². The highest BCUT2D eigenvalue weighted by Crippen LogP contribution is 2.56. The second kappa shape index (κ2) is 2.79. The third-order valence-corrected chi connectivity index (χ3v) is 3.30. The van der Waals surface area contributed by atoms with Crippen molar-refractivity contribution < 1.29 is 4.92 Å². The Labute approximate surface area is 87.0 Å². The first-order valence-corrected chi connectivity index (χ1v) is 4.86. The first kappa shape index (κ1) is 10.1. The van der Waals surface area contributed by atoms with Crippen LogP contribution in [0.3, 0.4) is 0 Å². The van der Waals surface area contributed by atoms with Crippen LogP contribution >= 0.6 is 0 Å². The topological polar surface area (TPSA) is 97.8 Å². The van der Waals surface area contributed by atoms with Gasteiger partial charge in [-0.05, 0) is 31.6 Å². The van der Waals surface area contributed by atoms with E-state index >= 15 is 0 Å². The van der Waals surface area contributed by atoms with Crippen LogP contribution in [-0.4, -0.2) is 20.7 Å². The molecule has 1 heterocycles. The van der Waals surface area contributed by atoms with Gasteiger partial charge in [0.25, 0.3) is 0 Å². The summed E-state index contributed by atoms with van der Waals surface area (Å²) in [6.45, 7) is 3.80. The van der Waals surface area contributed by atoms with Crippen molar-refractivity contribution in [2.24, 2.45) is 5.73 Å². The van der Waals surface area contributed by atoms with E-state index in [-0.39, 0.29) is 11.2 Å². The van der Waals surface area contributed by atoms with E-state index in [9.17, 15) is 10.1 Å². The van der Waals surface area contributed by atoms with Crippen LogP contribution in [0.4, 0.5) is 5.82 Å². The fourth-order valence-electron chi connectivity index (χ4n) is 2.15. The number of rotatable bonds is 3. The zero-order chi connectivity index (χ0) is 11.3. The average Bonchev–Trinajstić information content (AvgIpc) is 2.76. The average molecular weight is 210 g/mol. The minimum atomic E-state index is -0.457. The van der Waals surface area contributed by atoms with Gasteiger partial charge in [0.2, 0.25) is 0 Å². The van der Waals surface area contributed by atoms with Gasteiger partial charge >= 0.3 is 5.82 Å². The van der Waals surface area contributed by atoms with E-state index < -0.39 is 10.5 Å². The summed E-state index contributed by atoms with van der Waals surface area (Å²) in [5, 5.41) is 16.9. The Kier molecular flexibility index (Phi) is 1.88. The maximum atomic E-state index is 10.8. The molecule has 0 amide bonds. The molecule has 0 radical (unpaired) electrons. The predicted molar refractivity (Wildman–Crippen MR) is 54.4 cm³/mol. The van der Waals surface area contributed by atoms with Crippen LogP contribution in [0.2, 0.25) is 0 Å². The Balaban J connectivity index is 2.47. The molecule has 1 fully saturated rings. The molecule has 1 saturated carbocycles. The van der Waals surface area contributed by atoms with Crippen LogP contribution in [0.15, 0.2) is 6.20 Å². The summed E-state index contributed by atoms with van der Waals surface area (Å²) in [6.07, 6.45) is 3.30. The van der Waals surface area contributed by atoms with Crippen LogP contribution in [-0.2, 0) is 5.41 Å². The molecule has 0 spiro atoms. The number of aromatic amines is 1. The van der Waals surface area contributed by atoms with Crippen molar-refractivity contribution in [3.8, 4) is 0 Å². The highest BCUT2D eigenvalue weighted by Gasteiger charge is 2.57. The third kappa shape index (κ3) is 1.32. The first-order chi connectivity index (χ1) is 6.88. The number of hydrogen-bond acceptors (Lipinski definition) is 4. The maximum Gasteiger partial charge on any atom is 0.346 e. The van der Waals surface area contributed by atoms with Crippen molar-refractivity contribution in [2.75, 3.05) is 0 Å². The number of nitrogens with one attached hydrogen (secondary N) is 1. The van der Waals surface area contributed by atoms with E-state index in [4.69, 9.17) is 5.73 Å². The second-order valence-electron chi connectivity index (χ2n) is 4.69. The zero-order valence-electron chi connectivity index (χ0n) is 8.78. The Hall–Kier alpha value is -1.43. The first-order valence-electron chi connectivity index (χ1n) is 4.86. The van der Waals surface area contributed by atoms with Crippen molar-refractivity contribution in [2.45, 2.75) is 37.6 Å². The number of nitrogens with zero attached hydrogens (tertiary/aromatic N) is 2. The van der Waals surface area contributed by atoms with Crippen molar-refractivity contribution in [3.63, 3.8) is 0 Å². The van der Waals surface area contributed by atoms with Gasteiger partial charge in [-0.25, -0.2) is 0 Å². The van der Waals surface area contributed by atoms with Gasteiger partial charge in [0, 0.05) is 11.0 Å². The molecule has 1 aliphatic rings. The number of aromatic nitrogens is 2. The summed E-state index contributed by atoms with van der Waals surface area (Å²) >= 11 is 0. The van der Waals surface area contributed by atoms with E-state index in [2.05, 4.69) is 10.2 Å². The van der Waals surface area contributed by atoms with E-state index in [1.54, 1.807) is 0 Å². The highest BCUT2D eigenvalue weighted by atomic mass is 16.6. The molecule has 82 valence electrons. The molecule has 1 aromatic heterocycles. The quantitative estimate of drug-likeness (QED) is 0.576. The molecule has 0 saturated heterocycles. The summed E-state index contributed by atoms with van der Waals surface area (Å²) in [4.78, 5) is 10.3. The van der Waals surface area contributed by atoms with E-state index in [1.807, 2.05) is 13.8 Å². The minimum absolute atomic E-state index is 0.0222. The number of nitro groups is 1. The lowest BCUT2D eigenvalue weighted by atomic mass is 9.80. The molecule has 15 heavy (non-hydrogen) atoms. The number of nitrogens with two attached hydrogens (primary N) is 1. The van der Waals surface area contributed by atoms with Crippen molar-refractivity contribution >= 4 is 5.82 Å². The summed E-state index contributed by atoms with van der Waals surface area (Å²) in [6, 6.07) is 0. The standard InChI is InChI=1S/C9H14N4O2/c1-8(2,10)9(3-4-9)6-5-11-12-7(6)13(14)15/h5H,3-4,10H2,1-2H3,(H,11,12). The Morgan fingerprint density at radius 2 is 2.27 bits per heavy atom. The van der Waals surface area contributed by atoms with Gasteiger partial charge in [-0.3, -0.25) is 0 Å². The van der Waals surface area contributed by atoms with Gasteiger partial charge < -0.3 is 15.8 Å². The normalized spacial score (nSPS) is 18.9. The van der Waals surface area contributed by atoms with Gasteiger partial charge in [0.15, 0.2) is 0 Å². The summed E-state index contributed by atoms with van der Waals surface area (Å²) in [5.41, 5.74) is 5.98. The number of hydrogen-bond donors (Lipinski definition) is 2. The lowest BCUT2D eigenvalue weighted by Gasteiger charge is -2.29. The van der Waals surface area contributed by atoms with Crippen LogP contribution in [0.5, 0.6) is 0 Å². The Morgan fingerprint density at radius 1 is 1.67 bits per heavy atom. The lowest BCUT2D eigenvalue weighted by Crippen LogP contribution is -2.45. The van der Waals surface area contributed by atoms with Crippen LogP contribution < -0.4 is 5.73 Å². The largest absolute Gasteiger partial charge is 0.358 e. The molecular weight excluding hydrogens is 196 g/mol. The molecule has 3 N–H and O–H groups in total. The van der Waals surface area contributed by atoms with Crippen LogP contribution in [0.1, 0.15) is 32.3 Å². The van der Waals surface area contributed by atoms with E-state index in [0.717, 1.165) is 12.8 Å². The van der Waals surface area contributed by atoms with Gasteiger partial charge in [-0.1, -0.05) is 5.10 Å². The Bertz CT molecular complexity index is 400. The van der Waals surface area contributed by atoms with E-state index in [1.165, 1.54) is 6.20 Å². The SMILES string of the molecule is CC(C)(N)C1(c2cn[nH]c2[N+](=O)[O-])CC1. The van der Waals surface area contributed by atoms with Crippen LogP contribution in [0, 0.1) is 10.1 Å². The smallest absolute Gasteiger partial charge is 0.346 e. The molecule has 0 bridgehead atoms. The molecule has 6 heteroatoms. The van der Waals surface area contributed by atoms with Gasteiger partial charge in [0.1, 0.15) is 0 Å². The highest BCUT2D eigenvalue weighted by molar-refractivity contribution is 5.44. The molecule has 1 aromatic rings. The molecule has 0 aromatic carbocycles. The Morgan fingerprint density at radius 3 is 2.67 bits per heavy atom. The van der Waals surface area contributed by atoms with E-state index in [0.29, 0.717) is 5.56 Å². The summed E-state index contributed by atoms with van der Waals surface area (Å²) < 4.78 is 0. The van der Waals surface area contributed by atoms with Crippen molar-refractivity contribution in [3.05, 3.63) is 21.9 Å². The molecule has 0 aliphatic heterocycles. The van der Waals surface area contributed by atoms with Crippen molar-refractivity contribution in [1.29, 1.82) is 0 Å². The molecule has 0 atom stereocenters. The minimum Gasteiger partial charge on any atom is -0.358 e. The maximum absolute atomic E-state index is 10.8. The summed E-state index contributed by atoms with van der Waals surface area (Å²) in [7, 11) is 0. The third-order valence-electron chi connectivity index (χ3n) is 3.30. The van der Waals surface area contributed by atoms with Gasteiger partial charge in [-0.15, -0.1) is 5.10 Å². The zero-order valence-corrected chi connectivity index (χ0v) is 8.78.